The average Bonchev–Trinajstić information content (AvgIpc) is 3.01. The van der Waals surface area contributed by atoms with E-state index in [9.17, 15) is 14.4 Å². The molecule has 0 spiro atoms. The molecule has 0 aliphatic carbocycles. The van der Waals surface area contributed by atoms with Crippen molar-refractivity contribution in [2.75, 3.05) is 42.8 Å². The quantitative estimate of drug-likeness (QED) is 0.266. The Morgan fingerprint density at radius 3 is 2.44 bits per heavy atom. The van der Waals surface area contributed by atoms with Crippen molar-refractivity contribution in [1.82, 2.24) is 4.57 Å². The molecule has 0 saturated carbocycles. The van der Waals surface area contributed by atoms with Gasteiger partial charge in [0.1, 0.15) is 0 Å². The summed E-state index contributed by atoms with van der Waals surface area (Å²) >= 11 is 3.47. The fourth-order valence-electron chi connectivity index (χ4n) is 6.10. The number of rotatable bonds is 7. The van der Waals surface area contributed by atoms with E-state index in [1.165, 1.54) is 7.11 Å². The SMILES string of the molecule is COc1ccc(NC(=O)c2ccc(N3CC4CC(C3)c3cccc(=O)n3C4)c(NC(=O)c3ccccc3Br)c2)cc1OC. The van der Waals surface area contributed by atoms with Gasteiger partial charge in [0.2, 0.25) is 0 Å². The van der Waals surface area contributed by atoms with Crippen LogP contribution in [0.2, 0.25) is 0 Å². The number of fused-ring (bicyclic) bond motifs is 4. The molecular weight excluding hydrogens is 612 g/mol. The molecule has 2 N–H and O–H groups in total. The first-order valence-corrected chi connectivity index (χ1v) is 14.8. The molecule has 6 rings (SSSR count). The minimum Gasteiger partial charge on any atom is -0.493 e. The van der Waals surface area contributed by atoms with Crippen LogP contribution in [-0.2, 0) is 6.54 Å². The summed E-state index contributed by atoms with van der Waals surface area (Å²) in [5.74, 6) is 0.893. The smallest absolute Gasteiger partial charge is 0.256 e. The number of benzene rings is 3. The lowest BCUT2D eigenvalue weighted by Gasteiger charge is -2.44. The number of pyridine rings is 1. The molecule has 2 amide bonds. The van der Waals surface area contributed by atoms with E-state index in [2.05, 4.69) is 31.5 Å². The van der Waals surface area contributed by atoms with Crippen molar-refractivity contribution in [3.8, 4) is 11.5 Å². The van der Waals surface area contributed by atoms with Crippen molar-refractivity contribution < 1.29 is 19.1 Å². The molecule has 0 radical (unpaired) electrons. The Morgan fingerprint density at radius 2 is 1.65 bits per heavy atom. The van der Waals surface area contributed by atoms with Crippen LogP contribution in [0.25, 0.3) is 0 Å². The molecule has 10 heteroatoms. The summed E-state index contributed by atoms with van der Waals surface area (Å²) in [5.41, 5.74) is 3.84. The molecule has 2 aliphatic heterocycles. The van der Waals surface area contributed by atoms with Gasteiger partial charge < -0.3 is 29.6 Å². The van der Waals surface area contributed by atoms with Gasteiger partial charge in [0.15, 0.2) is 11.5 Å². The van der Waals surface area contributed by atoms with Crippen molar-refractivity contribution in [3.63, 3.8) is 0 Å². The topological polar surface area (TPSA) is 102 Å². The van der Waals surface area contributed by atoms with E-state index in [-0.39, 0.29) is 29.2 Å². The highest BCUT2D eigenvalue weighted by Crippen LogP contribution is 2.40. The maximum atomic E-state index is 13.4. The number of aromatic nitrogens is 1. The lowest BCUT2D eigenvalue weighted by atomic mass is 9.83. The molecule has 1 fully saturated rings. The summed E-state index contributed by atoms with van der Waals surface area (Å²) in [6.07, 6.45) is 1.00. The number of piperidine rings is 1. The normalized spacial score (nSPS) is 17.0. The molecule has 220 valence electrons. The van der Waals surface area contributed by atoms with Crippen molar-refractivity contribution in [3.05, 3.63) is 111 Å². The van der Waals surface area contributed by atoms with Gasteiger partial charge in [0.05, 0.1) is 31.2 Å². The third kappa shape index (κ3) is 5.75. The van der Waals surface area contributed by atoms with Crippen LogP contribution in [0.4, 0.5) is 17.1 Å². The molecule has 9 nitrogen and oxygen atoms in total. The number of carbonyl (C=O) groups excluding carboxylic acids is 2. The highest BCUT2D eigenvalue weighted by Gasteiger charge is 2.35. The van der Waals surface area contributed by atoms with Crippen molar-refractivity contribution in [2.45, 2.75) is 18.9 Å². The molecule has 4 aromatic rings. The summed E-state index contributed by atoms with van der Waals surface area (Å²) in [6.45, 7) is 2.08. The summed E-state index contributed by atoms with van der Waals surface area (Å²) in [6, 6.07) is 23.2. The summed E-state index contributed by atoms with van der Waals surface area (Å²) < 4.78 is 13.2. The van der Waals surface area contributed by atoms with Crippen molar-refractivity contribution in [2.24, 2.45) is 5.92 Å². The molecular formula is C33H31BrN4O5. The number of nitrogens with one attached hydrogen (secondary N) is 2. The van der Waals surface area contributed by atoms with Crippen LogP contribution >= 0.6 is 15.9 Å². The average molecular weight is 644 g/mol. The molecule has 2 unspecified atom stereocenters. The molecule has 2 bridgehead atoms. The fraction of sp³-hybridized carbons (Fsp3) is 0.242. The predicted octanol–water partition coefficient (Wildman–Crippen LogP) is 5.76. The number of amides is 2. The lowest BCUT2D eigenvalue weighted by molar-refractivity contribution is 0.101. The second-order valence-electron chi connectivity index (χ2n) is 10.8. The van der Waals surface area contributed by atoms with Gasteiger partial charge in [-0.25, -0.2) is 0 Å². The van der Waals surface area contributed by atoms with Gasteiger partial charge in [-0.1, -0.05) is 18.2 Å². The Kier molecular flexibility index (Phi) is 7.94. The summed E-state index contributed by atoms with van der Waals surface area (Å²) in [7, 11) is 3.09. The first-order chi connectivity index (χ1) is 20.8. The van der Waals surface area contributed by atoms with Crippen molar-refractivity contribution in [1.29, 1.82) is 0 Å². The molecule has 1 aromatic heterocycles. The molecule has 2 atom stereocenters. The van der Waals surface area contributed by atoms with Crippen LogP contribution in [-0.4, -0.2) is 43.7 Å². The van der Waals surface area contributed by atoms with Gasteiger partial charge >= 0.3 is 0 Å². The van der Waals surface area contributed by atoms with Crippen LogP contribution in [0, 0.1) is 5.92 Å². The molecule has 1 saturated heterocycles. The van der Waals surface area contributed by atoms with Crippen LogP contribution in [0.3, 0.4) is 0 Å². The van der Waals surface area contributed by atoms with E-state index < -0.39 is 0 Å². The zero-order valence-corrected chi connectivity index (χ0v) is 25.4. The van der Waals surface area contributed by atoms with Crippen LogP contribution in [0.1, 0.15) is 38.7 Å². The Bertz CT molecular complexity index is 1770. The number of methoxy groups -OCH3 is 2. The summed E-state index contributed by atoms with van der Waals surface area (Å²) in [4.78, 5) is 41.6. The second kappa shape index (κ2) is 12.0. The zero-order valence-electron chi connectivity index (χ0n) is 23.8. The number of hydrogen-bond donors (Lipinski definition) is 2. The number of ether oxygens (including phenoxy) is 2. The first kappa shape index (κ1) is 28.5. The van der Waals surface area contributed by atoms with Gasteiger partial charge in [-0.3, -0.25) is 14.4 Å². The highest BCUT2D eigenvalue weighted by molar-refractivity contribution is 9.10. The molecule has 43 heavy (non-hydrogen) atoms. The minimum absolute atomic E-state index is 0.0342. The minimum atomic E-state index is -0.334. The maximum Gasteiger partial charge on any atom is 0.256 e. The standard InChI is InChI=1S/C33H31BrN4O5/c1-42-29-13-11-23(16-30(29)43-2)35-32(40)21-10-12-28(26(15-21)36-33(41)24-6-3-4-7-25(24)34)37-17-20-14-22(19-37)27-8-5-9-31(39)38(27)18-20/h3-13,15-16,20,22H,14,17-19H2,1-2H3,(H,35,40)(H,36,41). The van der Waals surface area contributed by atoms with E-state index in [1.807, 2.05) is 34.9 Å². The number of carbonyl (C=O) groups is 2. The Balaban J connectivity index is 1.33. The number of halogens is 1. The van der Waals surface area contributed by atoms with Gasteiger partial charge in [-0.15, -0.1) is 0 Å². The van der Waals surface area contributed by atoms with Gasteiger partial charge in [-0.2, -0.15) is 0 Å². The summed E-state index contributed by atoms with van der Waals surface area (Å²) in [5, 5.41) is 5.98. The van der Waals surface area contributed by atoms with Gasteiger partial charge in [0.25, 0.3) is 17.4 Å². The van der Waals surface area contributed by atoms with Crippen LogP contribution < -0.4 is 30.6 Å². The van der Waals surface area contributed by atoms with Crippen molar-refractivity contribution >= 4 is 44.8 Å². The molecule has 3 heterocycles. The zero-order chi connectivity index (χ0) is 30.1. The number of anilines is 3. The second-order valence-corrected chi connectivity index (χ2v) is 11.6. The third-order valence-corrected chi connectivity index (χ3v) is 8.78. The third-order valence-electron chi connectivity index (χ3n) is 8.09. The van der Waals surface area contributed by atoms with Crippen LogP contribution in [0.15, 0.2) is 88.1 Å². The highest BCUT2D eigenvalue weighted by atomic mass is 79.9. The molecule has 3 aromatic carbocycles. The Labute approximate surface area is 257 Å². The van der Waals surface area contributed by atoms with E-state index in [1.54, 1.807) is 55.6 Å². The lowest BCUT2D eigenvalue weighted by Crippen LogP contribution is -2.47. The Morgan fingerprint density at radius 1 is 0.837 bits per heavy atom. The predicted molar refractivity (Wildman–Crippen MR) is 170 cm³/mol. The maximum absolute atomic E-state index is 13.4. The number of nitrogens with zero attached hydrogens (tertiary/aromatic N) is 2. The largest absolute Gasteiger partial charge is 0.493 e. The van der Waals surface area contributed by atoms with E-state index >= 15 is 0 Å². The number of hydrogen-bond acceptors (Lipinski definition) is 6. The Hall–Kier alpha value is -4.57. The van der Waals surface area contributed by atoms with E-state index in [0.29, 0.717) is 51.6 Å². The van der Waals surface area contributed by atoms with E-state index in [0.717, 1.165) is 24.3 Å². The monoisotopic (exact) mass is 642 g/mol. The fourth-order valence-corrected chi connectivity index (χ4v) is 6.56. The first-order valence-electron chi connectivity index (χ1n) is 14.0. The van der Waals surface area contributed by atoms with Crippen LogP contribution in [0.5, 0.6) is 11.5 Å². The molecule has 2 aliphatic rings. The van der Waals surface area contributed by atoms with E-state index in [4.69, 9.17) is 9.47 Å². The van der Waals surface area contributed by atoms with Gasteiger partial charge in [-0.05, 0) is 76.8 Å². The van der Waals surface area contributed by atoms with Gasteiger partial charge in [0, 0.05) is 59.1 Å².